The molecule has 1 aliphatic rings. The second kappa shape index (κ2) is 6.02. The van der Waals surface area contributed by atoms with E-state index < -0.39 is 0 Å². The standard InChI is InChI=1S/C18H21NS/c1-13-12-17(20-14-8-4-3-5-9-14)18(19-2)16-11-7-6-10-15(13)16/h3-11,13,17-19H,12H2,1-2H3. The van der Waals surface area contributed by atoms with Crippen LogP contribution in [0.4, 0.5) is 0 Å². The molecule has 3 atom stereocenters. The molecule has 0 bridgehead atoms. The van der Waals surface area contributed by atoms with Crippen molar-refractivity contribution in [3.05, 3.63) is 65.7 Å². The molecule has 2 heteroatoms. The van der Waals surface area contributed by atoms with Crippen LogP contribution < -0.4 is 5.32 Å². The monoisotopic (exact) mass is 283 g/mol. The molecule has 0 saturated heterocycles. The smallest absolute Gasteiger partial charge is 0.0444 e. The minimum absolute atomic E-state index is 0.438. The van der Waals surface area contributed by atoms with Gasteiger partial charge in [0.15, 0.2) is 0 Å². The third kappa shape index (κ3) is 2.63. The van der Waals surface area contributed by atoms with Crippen molar-refractivity contribution in [1.29, 1.82) is 0 Å². The fourth-order valence-corrected chi connectivity index (χ4v) is 4.65. The van der Waals surface area contributed by atoms with Crippen molar-refractivity contribution in [3.8, 4) is 0 Å². The van der Waals surface area contributed by atoms with E-state index in [1.165, 1.54) is 22.4 Å². The summed E-state index contributed by atoms with van der Waals surface area (Å²) < 4.78 is 0. The maximum atomic E-state index is 3.53. The van der Waals surface area contributed by atoms with Gasteiger partial charge in [0.1, 0.15) is 0 Å². The summed E-state index contributed by atoms with van der Waals surface area (Å²) in [5.74, 6) is 0.636. The minimum atomic E-state index is 0.438. The Labute approximate surface area is 125 Å². The third-order valence-electron chi connectivity index (χ3n) is 4.16. The van der Waals surface area contributed by atoms with Crippen LogP contribution in [0.1, 0.15) is 36.4 Å². The summed E-state index contributed by atoms with van der Waals surface area (Å²) in [6.07, 6.45) is 1.22. The number of rotatable bonds is 3. The Morgan fingerprint density at radius 1 is 0.950 bits per heavy atom. The number of fused-ring (bicyclic) bond motifs is 1. The lowest BCUT2D eigenvalue weighted by molar-refractivity contribution is 0.473. The van der Waals surface area contributed by atoms with E-state index in [-0.39, 0.29) is 0 Å². The zero-order valence-corrected chi connectivity index (χ0v) is 12.9. The number of hydrogen-bond donors (Lipinski definition) is 1. The lowest BCUT2D eigenvalue weighted by Gasteiger charge is -2.36. The fraction of sp³-hybridized carbons (Fsp3) is 0.333. The van der Waals surface area contributed by atoms with E-state index in [2.05, 4.69) is 73.9 Å². The van der Waals surface area contributed by atoms with Gasteiger partial charge in [-0.05, 0) is 42.6 Å². The third-order valence-corrected chi connectivity index (χ3v) is 5.47. The highest BCUT2D eigenvalue weighted by Gasteiger charge is 2.32. The van der Waals surface area contributed by atoms with Crippen molar-refractivity contribution >= 4 is 11.8 Å². The molecule has 20 heavy (non-hydrogen) atoms. The van der Waals surface area contributed by atoms with E-state index in [1.807, 2.05) is 11.8 Å². The lowest BCUT2D eigenvalue weighted by Crippen LogP contribution is -2.33. The number of benzene rings is 2. The Kier molecular flexibility index (Phi) is 4.13. The normalized spacial score (nSPS) is 25.2. The second-order valence-electron chi connectivity index (χ2n) is 5.50. The molecule has 2 aromatic carbocycles. The first-order valence-corrected chi connectivity index (χ1v) is 8.15. The Bertz CT molecular complexity index is 567. The summed E-state index contributed by atoms with van der Waals surface area (Å²) in [5.41, 5.74) is 2.99. The van der Waals surface area contributed by atoms with Crippen LogP contribution in [0.3, 0.4) is 0 Å². The van der Waals surface area contributed by atoms with Gasteiger partial charge in [0.2, 0.25) is 0 Å². The molecule has 0 aliphatic heterocycles. The van der Waals surface area contributed by atoms with Gasteiger partial charge >= 0.3 is 0 Å². The molecular formula is C18H21NS. The van der Waals surface area contributed by atoms with Crippen LogP contribution in [0.5, 0.6) is 0 Å². The molecule has 0 heterocycles. The zero-order chi connectivity index (χ0) is 13.9. The Balaban J connectivity index is 1.90. The maximum absolute atomic E-state index is 3.53. The summed E-state index contributed by atoms with van der Waals surface area (Å²) in [6.45, 7) is 2.35. The van der Waals surface area contributed by atoms with E-state index in [1.54, 1.807) is 0 Å². The summed E-state index contributed by atoms with van der Waals surface area (Å²) in [6, 6.07) is 20.1. The summed E-state index contributed by atoms with van der Waals surface area (Å²) >= 11 is 2.00. The quantitative estimate of drug-likeness (QED) is 0.882. The minimum Gasteiger partial charge on any atom is -0.312 e. The highest BCUT2D eigenvalue weighted by Crippen LogP contribution is 2.44. The van der Waals surface area contributed by atoms with Gasteiger partial charge in [-0.3, -0.25) is 0 Å². The van der Waals surface area contributed by atoms with Gasteiger partial charge in [-0.25, -0.2) is 0 Å². The van der Waals surface area contributed by atoms with Crippen LogP contribution in [-0.4, -0.2) is 12.3 Å². The first-order chi connectivity index (χ1) is 9.79. The van der Waals surface area contributed by atoms with E-state index in [0.29, 0.717) is 17.2 Å². The van der Waals surface area contributed by atoms with E-state index in [0.717, 1.165) is 0 Å². The highest BCUT2D eigenvalue weighted by molar-refractivity contribution is 8.00. The molecule has 0 saturated carbocycles. The molecule has 1 nitrogen and oxygen atoms in total. The van der Waals surface area contributed by atoms with Crippen LogP contribution in [0.2, 0.25) is 0 Å². The topological polar surface area (TPSA) is 12.0 Å². The Hall–Kier alpha value is -1.25. The van der Waals surface area contributed by atoms with Crippen LogP contribution in [0.15, 0.2) is 59.5 Å². The van der Waals surface area contributed by atoms with Crippen molar-refractivity contribution in [2.24, 2.45) is 0 Å². The first-order valence-electron chi connectivity index (χ1n) is 7.27. The molecule has 2 aromatic rings. The van der Waals surface area contributed by atoms with Crippen molar-refractivity contribution in [2.45, 2.75) is 35.4 Å². The van der Waals surface area contributed by atoms with Gasteiger partial charge < -0.3 is 5.32 Å². The van der Waals surface area contributed by atoms with Gasteiger partial charge in [-0.15, -0.1) is 11.8 Å². The van der Waals surface area contributed by atoms with Crippen LogP contribution in [-0.2, 0) is 0 Å². The number of thioether (sulfide) groups is 1. The van der Waals surface area contributed by atoms with Crippen LogP contribution in [0, 0.1) is 0 Å². The van der Waals surface area contributed by atoms with Gasteiger partial charge in [-0.1, -0.05) is 49.4 Å². The number of nitrogens with one attached hydrogen (secondary N) is 1. The van der Waals surface area contributed by atoms with Crippen LogP contribution >= 0.6 is 11.8 Å². The largest absolute Gasteiger partial charge is 0.312 e. The number of hydrogen-bond acceptors (Lipinski definition) is 2. The van der Waals surface area contributed by atoms with E-state index in [4.69, 9.17) is 0 Å². The molecule has 104 valence electrons. The summed E-state index contributed by atoms with van der Waals surface area (Å²) in [5, 5.41) is 4.12. The Morgan fingerprint density at radius 3 is 2.30 bits per heavy atom. The maximum Gasteiger partial charge on any atom is 0.0444 e. The van der Waals surface area contributed by atoms with Gasteiger partial charge in [0.25, 0.3) is 0 Å². The molecule has 3 unspecified atom stereocenters. The predicted molar refractivity (Wildman–Crippen MR) is 87.4 cm³/mol. The molecule has 0 aromatic heterocycles. The molecular weight excluding hydrogens is 262 g/mol. The van der Waals surface area contributed by atoms with Crippen molar-refractivity contribution in [2.75, 3.05) is 7.05 Å². The first kappa shape index (κ1) is 13.7. The highest BCUT2D eigenvalue weighted by atomic mass is 32.2. The molecule has 0 spiro atoms. The van der Waals surface area contributed by atoms with Crippen molar-refractivity contribution in [3.63, 3.8) is 0 Å². The molecule has 0 radical (unpaired) electrons. The van der Waals surface area contributed by atoms with Crippen molar-refractivity contribution in [1.82, 2.24) is 5.32 Å². The van der Waals surface area contributed by atoms with Crippen LogP contribution in [0.25, 0.3) is 0 Å². The lowest BCUT2D eigenvalue weighted by atomic mass is 9.81. The van der Waals surface area contributed by atoms with Gasteiger partial charge in [0, 0.05) is 16.2 Å². The average Bonchev–Trinajstić information content (AvgIpc) is 2.49. The molecule has 3 rings (SSSR count). The van der Waals surface area contributed by atoms with E-state index >= 15 is 0 Å². The summed E-state index contributed by atoms with van der Waals surface area (Å²) in [4.78, 5) is 1.37. The molecule has 1 N–H and O–H groups in total. The van der Waals surface area contributed by atoms with E-state index in [9.17, 15) is 0 Å². The van der Waals surface area contributed by atoms with Gasteiger partial charge in [0.05, 0.1) is 0 Å². The molecule has 0 amide bonds. The van der Waals surface area contributed by atoms with Gasteiger partial charge in [-0.2, -0.15) is 0 Å². The fourth-order valence-electron chi connectivity index (χ4n) is 3.19. The molecule has 1 aliphatic carbocycles. The predicted octanol–water partition coefficient (Wildman–Crippen LogP) is 4.62. The Morgan fingerprint density at radius 2 is 1.60 bits per heavy atom. The zero-order valence-electron chi connectivity index (χ0n) is 12.0. The second-order valence-corrected chi connectivity index (χ2v) is 6.81. The SMILES string of the molecule is CNC1c2ccccc2C(C)CC1Sc1ccccc1. The average molecular weight is 283 g/mol. The van der Waals surface area contributed by atoms with Crippen molar-refractivity contribution < 1.29 is 0 Å². The molecule has 0 fully saturated rings. The summed E-state index contributed by atoms with van der Waals surface area (Å²) in [7, 11) is 2.08.